The Labute approximate surface area is 125 Å². The van der Waals surface area contributed by atoms with E-state index in [4.69, 9.17) is 28.3 Å². The number of halogens is 2. The van der Waals surface area contributed by atoms with Gasteiger partial charge in [-0.25, -0.2) is 8.42 Å². The van der Waals surface area contributed by atoms with Crippen molar-refractivity contribution in [2.75, 3.05) is 0 Å². The zero-order chi connectivity index (χ0) is 14.8. The monoisotopic (exact) mass is 345 g/mol. The van der Waals surface area contributed by atoms with E-state index in [0.29, 0.717) is 0 Å². The van der Waals surface area contributed by atoms with Crippen molar-refractivity contribution in [3.8, 4) is 0 Å². The van der Waals surface area contributed by atoms with Crippen LogP contribution in [0, 0.1) is 5.92 Å². The van der Waals surface area contributed by atoms with E-state index in [2.05, 4.69) is 4.72 Å². The molecule has 0 saturated carbocycles. The summed E-state index contributed by atoms with van der Waals surface area (Å²) in [5.74, 6) is -1.19. The van der Waals surface area contributed by atoms with Gasteiger partial charge in [0.1, 0.15) is 15.3 Å². The van der Waals surface area contributed by atoms with Crippen LogP contribution in [-0.4, -0.2) is 25.5 Å². The molecule has 2 N–H and O–H groups in total. The third kappa shape index (κ3) is 4.61. The minimum atomic E-state index is -4.00. The Balaban J connectivity index is 3.01. The maximum absolute atomic E-state index is 12.1. The van der Waals surface area contributed by atoms with Gasteiger partial charge in [0, 0.05) is 0 Å². The molecule has 0 aliphatic heterocycles. The SMILES string of the molecule is CC(C)C[C@H](NS(=O)(=O)c1cc(Cl)sc1Cl)C(=O)O. The highest BCUT2D eigenvalue weighted by Gasteiger charge is 2.28. The van der Waals surface area contributed by atoms with Crippen molar-refractivity contribution < 1.29 is 18.3 Å². The molecule has 1 atom stereocenters. The topological polar surface area (TPSA) is 83.5 Å². The van der Waals surface area contributed by atoms with Crippen molar-refractivity contribution in [1.29, 1.82) is 0 Å². The highest BCUT2D eigenvalue weighted by atomic mass is 35.5. The van der Waals surface area contributed by atoms with Gasteiger partial charge in [0.25, 0.3) is 0 Å². The number of thiophene rings is 1. The van der Waals surface area contributed by atoms with Crippen molar-refractivity contribution in [3.05, 3.63) is 14.7 Å². The van der Waals surface area contributed by atoms with Crippen LogP contribution in [0.2, 0.25) is 8.67 Å². The molecule has 0 saturated heterocycles. The zero-order valence-electron chi connectivity index (χ0n) is 10.2. The minimum absolute atomic E-state index is 0.00573. The highest BCUT2D eigenvalue weighted by Crippen LogP contribution is 2.34. The van der Waals surface area contributed by atoms with E-state index in [-0.39, 0.29) is 25.9 Å². The van der Waals surface area contributed by atoms with Crippen molar-refractivity contribution in [1.82, 2.24) is 4.72 Å². The molecule has 0 radical (unpaired) electrons. The molecule has 108 valence electrons. The van der Waals surface area contributed by atoms with E-state index >= 15 is 0 Å². The third-order valence-corrected chi connectivity index (χ3v) is 5.44. The largest absolute Gasteiger partial charge is 0.480 e. The lowest BCUT2D eigenvalue weighted by atomic mass is 10.1. The van der Waals surface area contributed by atoms with Gasteiger partial charge in [-0.3, -0.25) is 4.79 Å². The molecule has 1 aromatic heterocycles. The Morgan fingerprint density at radius 2 is 2.05 bits per heavy atom. The molecule has 0 aliphatic carbocycles. The Bertz CT molecular complexity index is 568. The quantitative estimate of drug-likeness (QED) is 0.830. The van der Waals surface area contributed by atoms with Crippen molar-refractivity contribution in [2.45, 2.75) is 31.2 Å². The van der Waals surface area contributed by atoms with E-state index < -0.39 is 22.0 Å². The Kier molecular flexibility index (Phi) is 5.64. The summed E-state index contributed by atoms with van der Waals surface area (Å²) in [7, 11) is -4.00. The van der Waals surface area contributed by atoms with Gasteiger partial charge in [-0.15, -0.1) is 11.3 Å². The Morgan fingerprint density at radius 3 is 2.42 bits per heavy atom. The average Bonchev–Trinajstić information content (AvgIpc) is 2.56. The van der Waals surface area contributed by atoms with Crippen LogP contribution in [0.25, 0.3) is 0 Å². The molecule has 19 heavy (non-hydrogen) atoms. The number of hydrogen-bond donors (Lipinski definition) is 2. The normalized spacial score (nSPS) is 13.7. The van der Waals surface area contributed by atoms with Gasteiger partial charge < -0.3 is 5.11 Å². The fourth-order valence-electron chi connectivity index (χ4n) is 1.43. The summed E-state index contributed by atoms with van der Waals surface area (Å²) in [5.41, 5.74) is 0. The summed E-state index contributed by atoms with van der Waals surface area (Å²) in [6.07, 6.45) is 0.185. The molecule has 0 aliphatic rings. The van der Waals surface area contributed by atoms with Crippen LogP contribution in [0.5, 0.6) is 0 Å². The number of hydrogen-bond acceptors (Lipinski definition) is 4. The number of carboxylic acid groups (broad SMARTS) is 1. The Morgan fingerprint density at radius 1 is 1.47 bits per heavy atom. The van der Waals surface area contributed by atoms with Crippen LogP contribution in [0.3, 0.4) is 0 Å². The van der Waals surface area contributed by atoms with Gasteiger partial charge >= 0.3 is 5.97 Å². The number of carboxylic acids is 1. The van der Waals surface area contributed by atoms with Crippen LogP contribution >= 0.6 is 34.5 Å². The molecule has 0 spiro atoms. The average molecular weight is 346 g/mol. The maximum Gasteiger partial charge on any atom is 0.321 e. The molecule has 1 aromatic rings. The smallest absolute Gasteiger partial charge is 0.321 e. The maximum atomic E-state index is 12.1. The summed E-state index contributed by atoms with van der Waals surface area (Å²) in [4.78, 5) is 10.9. The van der Waals surface area contributed by atoms with Gasteiger partial charge in [-0.1, -0.05) is 37.0 Å². The van der Waals surface area contributed by atoms with Gasteiger partial charge in [0.05, 0.1) is 4.34 Å². The molecule has 0 bridgehead atoms. The van der Waals surface area contributed by atoms with Gasteiger partial charge in [-0.2, -0.15) is 4.72 Å². The number of rotatable bonds is 6. The predicted octanol–water partition coefficient (Wildman–Crippen LogP) is 2.83. The van der Waals surface area contributed by atoms with Crippen molar-refractivity contribution in [2.24, 2.45) is 5.92 Å². The van der Waals surface area contributed by atoms with Crippen LogP contribution < -0.4 is 4.72 Å². The first kappa shape index (κ1) is 16.7. The molecule has 0 unspecified atom stereocenters. The van der Waals surface area contributed by atoms with Crippen LogP contribution in [0.1, 0.15) is 20.3 Å². The van der Waals surface area contributed by atoms with E-state index in [1.165, 1.54) is 6.07 Å². The summed E-state index contributed by atoms with van der Waals surface area (Å²) in [6, 6.07) is 0.00489. The third-order valence-electron chi connectivity index (χ3n) is 2.22. The number of carbonyl (C=O) groups is 1. The minimum Gasteiger partial charge on any atom is -0.480 e. The van der Waals surface area contributed by atoms with Crippen LogP contribution in [0.15, 0.2) is 11.0 Å². The fraction of sp³-hybridized carbons (Fsp3) is 0.500. The molecular weight excluding hydrogens is 333 g/mol. The lowest BCUT2D eigenvalue weighted by Crippen LogP contribution is -2.41. The van der Waals surface area contributed by atoms with Crippen LogP contribution in [-0.2, 0) is 14.8 Å². The van der Waals surface area contributed by atoms with E-state index in [9.17, 15) is 13.2 Å². The summed E-state index contributed by atoms with van der Waals surface area (Å²) < 4.78 is 26.5. The second kappa shape index (κ2) is 6.41. The summed E-state index contributed by atoms with van der Waals surface area (Å²) in [6.45, 7) is 3.61. The number of aliphatic carboxylic acids is 1. The molecule has 9 heteroatoms. The standard InChI is InChI=1S/C10H13Cl2NO4S2/c1-5(2)3-6(10(14)15)13-19(16,17)7-4-8(11)18-9(7)12/h4-6,13H,3H2,1-2H3,(H,14,15)/t6-/m0/s1. The predicted molar refractivity (Wildman–Crippen MR) is 75.5 cm³/mol. The second-order valence-corrected chi connectivity index (χ2v) is 8.30. The first-order chi connectivity index (χ1) is 8.63. The first-order valence-electron chi connectivity index (χ1n) is 5.33. The first-order valence-corrected chi connectivity index (χ1v) is 8.39. The fourth-order valence-corrected chi connectivity index (χ4v) is 4.78. The van der Waals surface area contributed by atoms with Gasteiger partial charge in [-0.05, 0) is 18.4 Å². The van der Waals surface area contributed by atoms with E-state index in [1.54, 1.807) is 13.8 Å². The number of nitrogens with one attached hydrogen (secondary N) is 1. The molecule has 5 nitrogen and oxygen atoms in total. The summed E-state index contributed by atoms with van der Waals surface area (Å²) in [5, 5.41) is 9.02. The second-order valence-electron chi connectivity index (χ2n) is 4.33. The van der Waals surface area contributed by atoms with Gasteiger partial charge in [0.2, 0.25) is 10.0 Å². The van der Waals surface area contributed by atoms with Crippen LogP contribution in [0.4, 0.5) is 0 Å². The van der Waals surface area contributed by atoms with Crippen molar-refractivity contribution in [3.63, 3.8) is 0 Å². The highest BCUT2D eigenvalue weighted by molar-refractivity contribution is 7.89. The molecule has 1 heterocycles. The van der Waals surface area contributed by atoms with Gasteiger partial charge in [0.15, 0.2) is 0 Å². The summed E-state index contributed by atoms with van der Waals surface area (Å²) >= 11 is 12.4. The lowest BCUT2D eigenvalue weighted by molar-refractivity contribution is -0.139. The van der Waals surface area contributed by atoms with Crippen molar-refractivity contribution >= 4 is 50.5 Å². The molecule has 0 amide bonds. The van der Waals surface area contributed by atoms with E-state index in [0.717, 1.165) is 11.3 Å². The molecule has 0 aromatic carbocycles. The molecule has 0 fully saturated rings. The zero-order valence-corrected chi connectivity index (χ0v) is 13.3. The van der Waals surface area contributed by atoms with E-state index in [1.807, 2.05) is 0 Å². The molecule has 1 rings (SSSR count). The number of sulfonamides is 1. The molecular formula is C10H13Cl2NO4S2. The Hall–Kier alpha value is -0.340. The lowest BCUT2D eigenvalue weighted by Gasteiger charge is -2.16.